The second-order valence-corrected chi connectivity index (χ2v) is 0.848. The van der Waals surface area contributed by atoms with E-state index >= 15 is 0 Å². The van der Waals surface area contributed by atoms with Gasteiger partial charge in [0.25, 0.3) is 0 Å². The summed E-state index contributed by atoms with van der Waals surface area (Å²) >= 11 is 0. The number of hydrogen-bond donors (Lipinski definition) is 2. The average molecular weight is 150 g/mol. The quantitative estimate of drug-likeness (QED) is 0.363. The van der Waals surface area contributed by atoms with E-state index in [1.54, 1.807) is 0 Å². The van der Waals surface area contributed by atoms with Gasteiger partial charge in [-0.3, -0.25) is 4.46 Å². The van der Waals surface area contributed by atoms with Crippen molar-refractivity contribution < 1.29 is 16.9 Å². The van der Waals surface area contributed by atoms with Crippen LogP contribution in [0, 0.1) is 0 Å². The molecule has 0 radical (unpaired) electrons. The van der Waals surface area contributed by atoms with Crippen molar-refractivity contribution in [2.24, 2.45) is 0 Å². The van der Waals surface area contributed by atoms with Gasteiger partial charge in [0.1, 0.15) is 0 Å². The molecular weight excluding hydrogens is 143 g/mol. The van der Waals surface area contributed by atoms with Crippen molar-refractivity contribution in [3.63, 3.8) is 0 Å². The van der Waals surface area contributed by atoms with Crippen LogP contribution in [0.4, 0.5) is 0 Å². The molecule has 0 atom stereocenters. The summed E-state index contributed by atoms with van der Waals surface area (Å²) < 4.78 is 8.74. The van der Waals surface area contributed by atoms with Crippen molar-refractivity contribution in [3.8, 4) is 0 Å². The van der Waals surface area contributed by atoms with Crippen molar-refractivity contribution in [1.29, 1.82) is 0 Å². The van der Waals surface area contributed by atoms with E-state index in [9.17, 15) is 0 Å². The fourth-order valence-electron chi connectivity index (χ4n) is 0. The van der Waals surface area contributed by atoms with Crippen LogP contribution in [0.25, 0.3) is 0 Å². The van der Waals surface area contributed by atoms with Gasteiger partial charge in [0.05, 0.1) is 0 Å². The van der Waals surface area contributed by atoms with E-state index in [1.165, 1.54) is 0 Å². The minimum atomic E-state index is -3.13. The summed E-state index contributed by atoms with van der Waals surface area (Å²) in [6.45, 7) is 0. The molecule has 0 bridgehead atoms. The third-order valence-corrected chi connectivity index (χ3v) is 0. The van der Waals surface area contributed by atoms with Gasteiger partial charge in [-0.2, -0.15) is 0 Å². The SMILES string of the molecule is O=[Si](O)O.[AlH3].[Ca+2].[H-].[H-]. The molecule has 6 heavy (non-hydrogen) atoms. The van der Waals surface area contributed by atoms with Crippen molar-refractivity contribution in [2.45, 2.75) is 0 Å². The molecule has 3 nitrogen and oxygen atoms in total. The maximum absolute atomic E-state index is 8.74. The van der Waals surface area contributed by atoms with Gasteiger partial charge in [0, 0.05) is 0 Å². The molecule has 0 saturated heterocycles. The van der Waals surface area contributed by atoms with E-state index in [0.29, 0.717) is 0 Å². The molecule has 0 aliphatic carbocycles. The van der Waals surface area contributed by atoms with Gasteiger partial charge < -0.3 is 12.4 Å². The molecule has 0 aromatic heterocycles. The first-order valence-corrected chi connectivity index (χ1v) is 1.95. The summed E-state index contributed by atoms with van der Waals surface area (Å²) in [5.41, 5.74) is 0. The van der Waals surface area contributed by atoms with Crippen molar-refractivity contribution in [3.05, 3.63) is 0 Å². The van der Waals surface area contributed by atoms with Gasteiger partial charge in [0.2, 0.25) is 0 Å². The van der Waals surface area contributed by atoms with Crippen LogP contribution in [0.1, 0.15) is 2.85 Å². The van der Waals surface area contributed by atoms with E-state index in [4.69, 9.17) is 14.1 Å². The largest absolute Gasteiger partial charge is 2.00 e. The monoisotopic (exact) mass is 150 g/mol. The van der Waals surface area contributed by atoms with Crippen LogP contribution >= 0.6 is 0 Å². The molecule has 0 heterocycles. The fraction of sp³-hybridized carbons (Fsp3) is 0. The third-order valence-electron chi connectivity index (χ3n) is 0. The molecule has 0 aliphatic heterocycles. The summed E-state index contributed by atoms with van der Waals surface area (Å²) in [5, 5.41) is 0. The Morgan fingerprint density at radius 2 is 1.50 bits per heavy atom. The molecule has 0 spiro atoms. The normalized spacial score (nSPS) is 4.00. The second-order valence-electron chi connectivity index (χ2n) is 0.283. The molecule has 0 aromatic carbocycles. The van der Waals surface area contributed by atoms with E-state index in [-0.39, 0.29) is 58.0 Å². The maximum atomic E-state index is 8.74. The van der Waals surface area contributed by atoms with Gasteiger partial charge in [0.15, 0.2) is 17.4 Å². The Morgan fingerprint density at radius 3 is 1.50 bits per heavy atom. The van der Waals surface area contributed by atoms with Crippen LogP contribution in [0.3, 0.4) is 0 Å². The summed E-state index contributed by atoms with van der Waals surface area (Å²) in [7, 11) is -3.13. The average Bonchev–Trinajstić information content (AvgIpc) is 0.811. The van der Waals surface area contributed by atoms with Gasteiger partial charge in [-0.05, 0) is 0 Å². The Kier molecular flexibility index (Phi) is 25.2. The Hall–Kier alpha value is 1.41. The molecule has 6 heteroatoms. The molecule has 0 aliphatic rings. The minimum Gasteiger partial charge on any atom is -1.00 e. The number of rotatable bonds is 0. The standard InChI is InChI=1S/Al.Ca.H2O3Si.5H/c;;1-4(2)3;;;;;/h;;1-2H;;;;;/q;+2;;;;;2*-1. The summed E-state index contributed by atoms with van der Waals surface area (Å²) in [4.78, 5) is 14.3. The van der Waals surface area contributed by atoms with Crippen LogP contribution in [0.2, 0.25) is 0 Å². The van der Waals surface area contributed by atoms with Gasteiger partial charge in [-0.15, -0.1) is 0 Å². The zero-order valence-electron chi connectivity index (χ0n) is 4.51. The number of hydrogen-bond acceptors (Lipinski definition) is 1. The molecule has 0 saturated carbocycles. The molecule has 0 aromatic rings. The van der Waals surface area contributed by atoms with Crippen LogP contribution in [-0.4, -0.2) is 73.9 Å². The predicted octanol–water partition coefficient (Wildman–Crippen LogP) is -2.95. The molecular formula is H7AlCaO3Si. The Balaban J connectivity index is -0.00000000750. The zero-order valence-corrected chi connectivity index (χ0v) is 5.72. The molecule has 0 fully saturated rings. The van der Waals surface area contributed by atoms with E-state index in [2.05, 4.69) is 0 Å². The predicted molar refractivity (Wildman–Crippen MR) is 28.8 cm³/mol. The summed E-state index contributed by atoms with van der Waals surface area (Å²) in [5.74, 6) is 0. The molecule has 0 rings (SSSR count). The smallest absolute Gasteiger partial charge is 1.00 e. The fourth-order valence-corrected chi connectivity index (χ4v) is 0. The zero-order chi connectivity index (χ0) is 3.58. The van der Waals surface area contributed by atoms with Crippen LogP contribution < -0.4 is 0 Å². The van der Waals surface area contributed by atoms with Gasteiger partial charge >= 0.3 is 46.9 Å². The molecule has 0 amide bonds. The Bertz CT molecular complexity index is 40.3. The van der Waals surface area contributed by atoms with E-state index < -0.39 is 9.17 Å². The third kappa shape index (κ3) is 53.0. The summed E-state index contributed by atoms with van der Waals surface area (Å²) in [6, 6.07) is 0. The summed E-state index contributed by atoms with van der Waals surface area (Å²) in [6.07, 6.45) is 0. The molecule has 0 unspecified atom stereocenters. The Labute approximate surface area is 80.4 Å². The van der Waals surface area contributed by atoms with Gasteiger partial charge in [-0.25, -0.2) is 0 Å². The van der Waals surface area contributed by atoms with Crippen LogP contribution in [0.5, 0.6) is 0 Å². The minimum absolute atomic E-state index is 0. The first-order chi connectivity index (χ1) is 1.73. The first kappa shape index (κ1) is 15.7. The van der Waals surface area contributed by atoms with Crippen molar-refractivity contribution in [2.75, 3.05) is 0 Å². The topological polar surface area (TPSA) is 57.5 Å². The van der Waals surface area contributed by atoms with E-state index in [1.807, 2.05) is 0 Å². The molecule has 2 N–H and O–H groups in total. The Morgan fingerprint density at radius 1 is 1.50 bits per heavy atom. The van der Waals surface area contributed by atoms with Gasteiger partial charge in [-0.1, -0.05) is 0 Å². The van der Waals surface area contributed by atoms with Crippen molar-refractivity contribution >= 4 is 64.3 Å². The maximum Gasteiger partial charge on any atom is 2.00 e. The second kappa shape index (κ2) is 9.65. The molecule has 34 valence electrons. The van der Waals surface area contributed by atoms with Crippen molar-refractivity contribution in [1.82, 2.24) is 0 Å². The first-order valence-electron chi connectivity index (χ1n) is 0.651. The van der Waals surface area contributed by atoms with Crippen LogP contribution in [0.15, 0.2) is 0 Å². The van der Waals surface area contributed by atoms with Crippen LogP contribution in [-0.2, 0) is 4.46 Å². The van der Waals surface area contributed by atoms with E-state index in [0.717, 1.165) is 0 Å².